The summed E-state index contributed by atoms with van der Waals surface area (Å²) in [5.41, 5.74) is 0. The van der Waals surface area contributed by atoms with E-state index in [2.05, 4.69) is 20.9 Å². The molecule has 347 valence electrons. The maximum absolute atomic E-state index is 12.6. The van der Waals surface area contributed by atoms with Gasteiger partial charge in [-0.3, -0.25) is 4.90 Å². The molecule has 0 atom stereocenters. The summed E-state index contributed by atoms with van der Waals surface area (Å²) in [4.78, 5) is 2.20. The highest BCUT2D eigenvalue weighted by molar-refractivity contribution is 8.01. The highest BCUT2D eigenvalue weighted by Gasteiger charge is 2.19. The van der Waals surface area contributed by atoms with Crippen molar-refractivity contribution < 1.29 is 39.5 Å². The van der Waals surface area contributed by atoms with E-state index in [-0.39, 0.29) is 34.5 Å². The molecule has 3 N–H and O–H groups in total. The zero-order valence-corrected chi connectivity index (χ0v) is 40.5. The zero-order valence-electron chi connectivity index (χ0n) is 35.6. The molecule has 15 radical (unpaired) electrons. The summed E-state index contributed by atoms with van der Waals surface area (Å²) in [6.45, 7) is 8.23. The van der Waals surface area contributed by atoms with Crippen LogP contribution >= 0.6 is 35.3 Å². The van der Waals surface area contributed by atoms with Crippen LogP contribution in [0.15, 0.2) is 0 Å². The van der Waals surface area contributed by atoms with E-state index < -0.39 is 29.5 Å². The Balaban J connectivity index is 1.26. The molecule has 13 nitrogen and oxygen atoms in total. The largest absolute Gasteiger partial charge is 0.380 e. The van der Waals surface area contributed by atoms with Gasteiger partial charge >= 0.3 is 0 Å². The van der Waals surface area contributed by atoms with E-state index in [4.69, 9.17) is 14.2 Å². The van der Waals surface area contributed by atoms with E-state index in [1.54, 1.807) is 35.3 Å². The summed E-state index contributed by atoms with van der Waals surface area (Å²) < 4.78 is 92.6. The first-order valence-electron chi connectivity index (χ1n) is 21.1. The molecule has 0 heterocycles. The highest BCUT2D eigenvalue weighted by atomic mass is 32.2. The van der Waals surface area contributed by atoms with Crippen LogP contribution in [0.2, 0.25) is 0 Å². The van der Waals surface area contributed by atoms with Crippen LogP contribution in [0.25, 0.3) is 0 Å². The van der Waals surface area contributed by atoms with Crippen molar-refractivity contribution in [1.29, 1.82) is 0 Å². The maximum atomic E-state index is 12.6. The summed E-state index contributed by atoms with van der Waals surface area (Å²) in [7, 11) is -9.55. The molecule has 3 fully saturated rings. The summed E-state index contributed by atoms with van der Waals surface area (Å²) in [5, 5.41) is 9.79. The van der Waals surface area contributed by atoms with Crippen molar-refractivity contribution in [1.82, 2.24) is 20.9 Å². The van der Waals surface area contributed by atoms with Crippen molar-refractivity contribution in [2.75, 3.05) is 168 Å². The Morgan fingerprint density at radius 2 is 0.672 bits per heavy atom. The second-order valence-corrected chi connectivity index (χ2v) is 25.0. The predicted molar refractivity (Wildman–Crippen MR) is 257 cm³/mol. The van der Waals surface area contributed by atoms with Crippen LogP contribution in [0, 0.1) is 94.8 Å². The van der Waals surface area contributed by atoms with Gasteiger partial charge in [0.2, 0.25) is 0 Å². The number of ether oxygens (including phenoxy) is 3. The lowest BCUT2D eigenvalue weighted by atomic mass is 10.1. The van der Waals surface area contributed by atoms with Gasteiger partial charge in [0, 0.05) is 111 Å². The van der Waals surface area contributed by atoms with E-state index in [0.29, 0.717) is 116 Å². The van der Waals surface area contributed by atoms with E-state index in [1.807, 2.05) is 77.0 Å². The Kier molecular flexibility index (Phi) is 32.0. The molecule has 0 bridgehead atoms. The molecule has 3 rings (SSSR count). The third kappa shape index (κ3) is 31.3. The lowest BCUT2D eigenvalue weighted by molar-refractivity contribution is 0.165. The molecule has 61 heavy (non-hydrogen) atoms. The molecule has 0 saturated heterocycles. The normalized spacial score (nSPS) is 17.5. The van der Waals surface area contributed by atoms with Gasteiger partial charge in [-0.25, -0.2) is 25.3 Å². The SMILES string of the molecule is O=S(=O)(CCNCCN(CCNCCS(=O)(=O)CCSCCOC[C]1[CH][CH][CH][CH]1)CCNCCS(=O)(=O)CCSCCOC[C]1[CH][CH][CH][CH]1)CCSCCOC[C]1[CH][CH][CH][CH]1. The van der Waals surface area contributed by atoms with Gasteiger partial charge < -0.3 is 30.2 Å². The van der Waals surface area contributed by atoms with E-state index in [1.165, 1.54) is 0 Å². The third-order valence-electron chi connectivity index (χ3n) is 9.32. The summed E-state index contributed by atoms with van der Waals surface area (Å²) >= 11 is 4.74. The molecular weight excluding hydrogens is 897 g/mol. The summed E-state index contributed by atoms with van der Waals surface area (Å²) in [5.74, 6) is 7.84. The van der Waals surface area contributed by atoms with E-state index >= 15 is 0 Å². The Bertz CT molecular complexity index is 1230. The highest BCUT2D eigenvalue weighted by Crippen LogP contribution is 2.24. The van der Waals surface area contributed by atoms with Crippen LogP contribution in [0.5, 0.6) is 0 Å². The summed E-state index contributed by atoms with van der Waals surface area (Å²) in [6.07, 6.45) is 23.9. The minimum absolute atomic E-state index is 0.0656. The van der Waals surface area contributed by atoms with Crippen molar-refractivity contribution in [2.45, 2.75) is 0 Å². The zero-order chi connectivity index (χ0) is 43.8. The van der Waals surface area contributed by atoms with Gasteiger partial charge in [0.15, 0.2) is 29.5 Å². The predicted octanol–water partition coefficient (Wildman–Crippen LogP) is 1.77. The Morgan fingerprint density at radius 3 is 0.951 bits per heavy atom. The van der Waals surface area contributed by atoms with Crippen LogP contribution in [0.3, 0.4) is 0 Å². The van der Waals surface area contributed by atoms with E-state index in [0.717, 1.165) is 35.0 Å². The van der Waals surface area contributed by atoms with Gasteiger partial charge in [0.05, 0.1) is 74.2 Å². The third-order valence-corrected chi connectivity index (χ3v) is 17.9. The lowest BCUT2D eigenvalue weighted by Gasteiger charge is -2.23. The minimum atomic E-state index is -3.18. The number of hydrogen-bond acceptors (Lipinski definition) is 16. The lowest BCUT2D eigenvalue weighted by Crippen LogP contribution is -2.42. The van der Waals surface area contributed by atoms with Gasteiger partial charge in [-0.2, -0.15) is 35.3 Å². The second-order valence-electron chi connectivity index (χ2n) is 14.4. The van der Waals surface area contributed by atoms with Crippen molar-refractivity contribution >= 4 is 64.8 Å². The van der Waals surface area contributed by atoms with E-state index in [9.17, 15) is 25.3 Å². The number of rotatable bonds is 42. The first kappa shape index (κ1) is 55.9. The molecule has 3 aliphatic rings. The van der Waals surface area contributed by atoms with Crippen LogP contribution in [-0.4, -0.2) is 198 Å². The number of nitrogens with one attached hydrogen (secondary N) is 3. The first-order chi connectivity index (χ1) is 29.5. The van der Waals surface area contributed by atoms with Crippen molar-refractivity contribution in [3.63, 3.8) is 0 Å². The molecular formula is C42H69N4O9S6. The van der Waals surface area contributed by atoms with Gasteiger partial charge in [-0.15, -0.1) is 0 Å². The van der Waals surface area contributed by atoms with Gasteiger partial charge in [-0.05, 0) is 77.0 Å². The van der Waals surface area contributed by atoms with Crippen molar-refractivity contribution in [3.8, 4) is 0 Å². The molecule has 0 aromatic carbocycles. The molecule has 0 unspecified atom stereocenters. The van der Waals surface area contributed by atoms with Gasteiger partial charge in [-0.1, -0.05) is 0 Å². The van der Waals surface area contributed by atoms with Crippen LogP contribution < -0.4 is 16.0 Å². The van der Waals surface area contributed by atoms with Gasteiger partial charge in [0.25, 0.3) is 0 Å². The molecule has 0 aromatic rings. The molecule has 0 spiro atoms. The Hall–Kier alpha value is 0.620. The van der Waals surface area contributed by atoms with Crippen LogP contribution in [0.4, 0.5) is 0 Å². The topological polar surface area (TPSA) is 169 Å². The maximum Gasteiger partial charge on any atom is 0.152 e. The Labute approximate surface area is 385 Å². The van der Waals surface area contributed by atoms with Crippen LogP contribution in [-0.2, 0) is 43.7 Å². The fourth-order valence-corrected chi connectivity index (χ4v) is 13.5. The average molecular weight is 966 g/mol. The molecule has 3 aliphatic carbocycles. The minimum Gasteiger partial charge on any atom is -0.380 e. The first-order valence-corrected chi connectivity index (χ1v) is 30.0. The number of hydrogen-bond donors (Lipinski definition) is 3. The van der Waals surface area contributed by atoms with Crippen LogP contribution in [0.1, 0.15) is 0 Å². The molecule has 0 aromatic heterocycles. The molecule has 3 saturated carbocycles. The van der Waals surface area contributed by atoms with Crippen molar-refractivity contribution in [3.05, 3.63) is 94.8 Å². The number of sulfone groups is 3. The fraction of sp³-hybridized carbons (Fsp3) is 0.643. The van der Waals surface area contributed by atoms with Crippen molar-refractivity contribution in [2.24, 2.45) is 0 Å². The average Bonchev–Trinajstić information content (AvgIpc) is 4.05. The molecule has 0 amide bonds. The molecule has 0 aliphatic heterocycles. The second kappa shape index (κ2) is 34.9. The number of thioether (sulfide) groups is 3. The standard InChI is InChI=1S/C42H69N4O9S6/c47-59(48,34-28-56-25-22-53-37-40-7-1-2-8-40)31-16-43-13-19-46(20-14-44-17-32-60(49,50)35-29-57-26-23-54-38-41-9-3-4-10-41)21-15-45-18-33-61(51,52)36-30-58-27-24-55-39-42-11-5-6-12-42/h1-12,43-45H,13-39H2. The fourth-order valence-electron chi connectivity index (χ4n) is 5.73. The molecule has 19 heteroatoms. The quantitative estimate of drug-likeness (QED) is 0.0757. The number of nitrogens with zero attached hydrogens (tertiary/aromatic N) is 1. The Morgan fingerprint density at radius 1 is 0.393 bits per heavy atom. The smallest absolute Gasteiger partial charge is 0.152 e. The van der Waals surface area contributed by atoms with Gasteiger partial charge in [0.1, 0.15) is 0 Å². The monoisotopic (exact) mass is 965 g/mol. The summed E-state index contributed by atoms with van der Waals surface area (Å²) in [6, 6.07) is 0.